The summed E-state index contributed by atoms with van der Waals surface area (Å²) < 4.78 is 7.35. The monoisotopic (exact) mass is 312 g/mol. The number of piperidine rings is 1. The fourth-order valence-electron chi connectivity index (χ4n) is 3.82. The molecule has 23 heavy (non-hydrogen) atoms. The van der Waals surface area contributed by atoms with Crippen molar-refractivity contribution in [2.45, 2.75) is 25.4 Å². The summed E-state index contributed by atoms with van der Waals surface area (Å²) in [5.41, 5.74) is 2.25. The van der Waals surface area contributed by atoms with Gasteiger partial charge in [-0.2, -0.15) is 5.10 Å². The van der Waals surface area contributed by atoms with Crippen LogP contribution < -0.4 is 10.1 Å². The summed E-state index contributed by atoms with van der Waals surface area (Å²) in [6.07, 6.45) is 6.79. The number of rotatable bonds is 4. The fourth-order valence-corrected chi connectivity index (χ4v) is 3.82. The summed E-state index contributed by atoms with van der Waals surface area (Å²) in [6.45, 7) is 4.51. The number of fused-ring (bicyclic) bond motifs is 4. The highest BCUT2D eigenvalue weighted by atomic mass is 16.5. The molecule has 4 heterocycles. The average Bonchev–Trinajstić information content (AvgIpc) is 2.85. The molecule has 2 atom stereocenters. The van der Waals surface area contributed by atoms with Gasteiger partial charge in [-0.15, -0.1) is 0 Å². The van der Waals surface area contributed by atoms with Gasteiger partial charge in [-0.3, -0.25) is 4.90 Å². The number of benzene rings is 1. The number of nitrogens with zero attached hydrogens (tertiary/aromatic N) is 3. The maximum Gasteiger partial charge on any atom is 0.144 e. The second kappa shape index (κ2) is 6.34. The largest absolute Gasteiger partial charge is 0.494 e. The second-order valence-corrected chi connectivity index (χ2v) is 6.71. The van der Waals surface area contributed by atoms with Crippen LogP contribution in [0, 0.1) is 5.92 Å². The van der Waals surface area contributed by atoms with E-state index in [4.69, 9.17) is 4.74 Å². The van der Waals surface area contributed by atoms with E-state index in [-0.39, 0.29) is 0 Å². The van der Waals surface area contributed by atoms with E-state index in [2.05, 4.69) is 21.5 Å². The lowest BCUT2D eigenvalue weighted by Gasteiger charge is -2.23. The predicted octanol–water partition coefficient (Wildman–Crippen LogP) is 2.06. The highest BCUT2D eigenvalue weighted by molar-refractivity contribution is 5.46. The van der Waals surface area contributed by atoms with E-state index in [1.165, 1.54) is 31.5 Å². The lowest BCUT2D eigenvalue weighted by atomic mass is 9.97. The van der Waals surface area contributed by atoms with E-state index in [0.29, 0.717) is 6.04 Å². The van der Waals surface area contributed by atoms with Gasteiger partial charge in [-0.25, -0.2) is 4.68 Å². The summed E-state index contributed by atoms with van der Waals surface area (Å²) >= 11 is 0. The van der Waals surface area contributed by atoms with Crippen LogP contribution in [0.15, 0.2) is 36.7 Å². The Kier molecular flexibility index (Phi) is 4.06. The van der Waals surface area contributed by atoms with Crippen LogP contribution in [-0.4, -0.2) is 47.5 Å². The molecular weight excluding hydrogens is 288 g/mol. The molecule has 122 valence electrons. The molecular formula is C18H24N4O. The normalized spacial score (nSPS) is 24.6. The Balaban J connectivity index is 1.50. The summed E-state index contributed by atoms with van der Waals surface area (Å²) in [5.74, 6) is 1.65. The lowest BCUT2D eigenvalue weighted by molar-refractivity contribution is 0.256. The van der Waals surface area contributed by atoms with Crippen molar-refractivity contribution >= 4 is 0 Å². The molecule has 1 N–H and O–H groups in total. The minimum Gasteiger partial charge on any atom is -0.494 e. The molecule has 2 aromatic rings. The SMILES string of the molecule is COc1ccccc1-n1cc(CN2C[C@H]3CC[C@@H](C2)NC3)cn1. The number of nitrogens with one attached hydrogen (secondary N) is 1. The second-order valence-electron chi connectivity index (χ2n) is 6.71. The number of para-hydroxylation sites is 2. The Labute approximate surface area is 137 Å². The third-order valence-corrected chi connectivity index (χ3v) is 4.99. The first kappa shape index (κ1) is 14.7. The van der Waals surface area contributed by atoms with Gasteiger partial charge in [0.2, 0.25) is 0 Å². The van der Waals surface area contributed by atoms with Gasteiger partial charge in [0.15, 0.2) is 0 Å². The van der Waals surface area contributed by atoms with Crippen LogP contribution in [0.3, 0.4) is 0 Å². The van der Waals surface area contributed by atoms with Crippen molar-refractivity contribution < 1.29 is 4.74 Å². The van der Waals surface area contributed by atoms with Gasteiger partial charge in [-0.05, 0) is 37.4 Å². The van der Waals surface area contributed by atoms with E-state index in [1.54, 1.807) is 7.11 Å². The Hall–Kier alpha value is -1.85. The van der Waals surface area contributed by atoms with Crippen molar-refractivity contribution in [2.24, 2.45) is 5.92 Å². The molecule has 0 amide bonds. The Bertz CT molecular complexity index is 647. The van der Waals surface area contributed by atoms with E-state index in [9.17, 15) is 0 Å². The molecule has 0 radical (unpaired) electrons. The first-order valence-electron chi connectivity index (χ1n) is 8.44. The zero-order valence-electron chi connectivity index (χ0n) is 13.6. The molecule has 0 saturated carbocycles. The van der Waals surface area contributed by atoms with Gasteiger partial charge in [-0.1, -0.05) is 12.1 Å². The molecule has 3 aliphatic rings. The average molecular weight is 312 g/mol. The molecule has 3 fully saturated rings. The summed E-state index contributed by atoms with van der Waals surface area (Å²) in [6, 6.07) is 8.66. The molecule has 0 aliphatic carbocycles. The van der Waals surface area contributed by atoms with Crippen LogP contribution in [0.4, 0.5) is 0 Å². The first-order valence-corrected chi connectivity index (χ1v) is 8.44. The van der Waals surface area contributed by atoms with Crippen molar-refractivity contribution in [1.29, 1.82) is 0 Å². The molecule has 1 aromatic heterocycles. The van der Waals surface area contributed by atoms with Gasteiger partial charge in [0.1, 0.15) is 11.4 Å². The van der Waals surface area contributed by atoms with Crippen LogP contribution in [0.1, 0.15) is 18.4 Å². The summed E-state index contributed by atoms with van der Waals surface area (Å²) in [4.78, 5) is 2.58. The van der Waals surface area contributed by atoms with Crippen LogP contribution in [0.2, 0.25) is 0 Å². The molecule has 5 nitrogen and oxygen atoms in total. The maximum atomic E-state index is 5.43. The molecule has 1 aromatic carbocycles. The van der Waals surface area contributed by atoms with E-state index < -0.39 is 0 Å². The molecule has 0 unspecified atom stereocenters. The number of methoxy groups -OCH3 is 1. The quantitative estimate of drug-likeness (QED) is 0.938. The van der Waals surface area contributed by atoms with Crippen molar-refractivity contribution in [3.63, 3.8) is 0 Å². The molecule has 5 heteroatoms. The third kappa shape index (κ3) is 3.12. The number of hydrogen-bond acceptors (Lipinski definition) is 4. The Morgan fingerprint density at radius 1 is 1.26 bits per heavy atom. The number of hydrogen-bond donors (Lipinski definition) is 1. The minimum absolute atomic E-state index is 0.665. The third-order valence-electron chi connectivity index (χ3n) is 4.99. The van der Waals surface area contributed by atoms with Gasteiger partial charge >= 0.3 is 0 Å². The first-order chi connectivity index (χ1) is 11.3. The van der Waals surface area contributed by atoms with Gasteiger partial charge in [0.05, 0.1) is 13.3 Å². The standard InChI is InChI=1S/C18H24N4O/c1-23-18-5-3-2-4-17(18)22-12-15(9-20-22)11-21-10-14-6-7-16(13-21)19-8-14/h2-5,9,12,14,16,19H,6-8,10-11,13H2,1H3/t14-,16-/m0/s1. The number of ether oxygens (including phenoxy) is 1. The van der Waals surface area contributed by atoms with E-state index >= 15 is 0 Å². The van der Waals surface area contributed by atoms with Crippen molar-refractivity contribution in [1.82, 2.24) is 20.0 Å². The number of aromatic nitrogens is 2. The fraction of sp³-hybridized carbons (Fsp3) is 0.500. The van der Waals surface area contributed by atoms with E-state index in [0.717, 1.165) is 30.4 Å². The highest BCUT2D eigenvalue weighted by Gasteiger charge is 2.28. The van der Waals surface area contributed by atoms with Crippen LogP contribution in [-0.2, 0) is 6.54 Å². The van der Waals surface area contributed by atoms with E-state index in [1.807, 2.05) is 35.1 Å². The Morgan fingerprint density at radius 2 is 2.17 bits per heavy atom. The predicted molar refractivity (Wildman–Crippen MR) is 89.9 cm³/mol. The zero-order chi connectivity index (χ0) is 15.6. The topological polar surface area (TPSA) is 42.3 Å². The zero-order valence-corrected chi connectivity index (χ0v) is 13.6. The van der Waals surface area contributed by atoms with Crippen molar-refractivity contribution in [3.8, 4) is 11.4 Å². The van der Waals surface area contributed by atoms with Crippen LogP contribution in [0.5, 0.6) is 5.75 Å². The van der Waals surface area contributed by atoms with Crippen molar-refractivity contribution in [2.75, 3.05) is 26.7 Å². The van der Waals surface area contributed by atoms with Crippen LogP contribution >= 0.6 is 0 Å². The molecule has 3 aliphatic heterocycles. The maximum absolute atomic E-state index is 5.43. The molecule has 3 saturated heterocycles. The highest BCUT2D eigenvalue weighted by Crippen LogP contribution is 2.24. The summed E-state index contributed by atoms with van der Waals surface area (Å²) in [5, 5.41) is 8.20. The van der Waals surface area contributed by atoms with Gasteiger partial charge in [0.25, 0.3) is 0 Å². The minimum atomic E-state index is 0.665. The van der Waals surface area contributed by atoms with Gasteiger partial charge < -0.3 is 10.1 Å². The van der Waals surface area contributed by atoms with Crippen LogP contribution in [0.25, 0.3) is 5.69 Å². The molecule has 2 bridgehead atoms. The molecule has 0 spiro atoms. The smallest absolute Gasteiger partial charge is 0.144 e. The molecule has 5 rings (SSSR count). The lowest BCUT2D eigenvalue weighted by Crippen LogP contribution is -2.39. The van der Waals surface area contributed by atoms with Gasteiger partial charge in [0, 0.05) is 37.4 Å². The summed E-state index contributed by atoms with van der Waals surface area (Å²) in [7, 11) is 1.70. The van der Waals surface area contributed by atoms with Crippen molar-refractivity contribution in [3.05, 3.63) is 42.2 Å². The Morgan fingerprint density at radius 3 is 3.00 bits per heavy atom.